The van der Waals surface area contributed by atoms with Crippen LogP contribution in [0.1, 0.15) is 50.6 Å². The Balaban J connectivity index is 2.12. The van der Waals surface area contributed by atoms with E-state index in [4.69, 9.17) is 0 Å². The van der Waals surface area contributed by atoms with Gasteiger partial charge in [0, 0.05) is 11.6 Å². The highest BCUT2D eigenvalue weighted by Gasteiger charge is 2.25. The van der Waals surface area contributed by atoms with Crippen molar-refractivity contribution in [3.63, 3.8) is 0 Å². The molecule has 2 rings (SSSR count). The lowest BCUT2D eigenvalue weighted by Gasteiger charge is -2.20. The molecule has 0 bridgehead atoms. The molecule has 1 N–H and O–H groups in total. The number of benzene rings is 1. The highest BCUT2D eigenvalue weighted by molar-refractivity contribution is 5.23. The first kappa shape index (κ1) is 14.4. The molecule has 19 heavy (non-hydrogen) atoms. The fourth-order valence-electron chi connectivity index (χ4n) is 2.30. The van der Waals surface area contributed by atoms with Crippen molar-refractivity contribution in [2.24, 2.45) is 5.92 Å². The van der Waals surface area contributed by atoms with Gasteiger partial charge in [0.05, 0.1) is 0 Å². The summed E-state index contributed by atoms with van der Waals surface area (Å²) in [4.78, 5) is 0. The highest BCUT2D eigenvalue weighted by atomic mass is 19.2. The van der Waals surface area contributed by atoms with Crippen molar-refractivity contribution in [1.29, 1.82) is 0 Å². The Labute approximate surface area is 112 Å². The van der Waals surface area contributed by atoms with Crippen LogP contribution < -0.4 is 5.32 Å². The van der Waals surface area contributed by atoms with Crippen LogP contribution >= 0.6 is 0 Å². The lowest BCUT2D eigenvalue weighted by atomic mass is 9.99. The minimum atomic E-state index is -1.37. The van der Waals surface area contributed by atoms with Crippen LogP contribution in [0.15, 0.2) is 12.1 Å². The standard InChI is InChI=1S/C15H20F3N/c1-2-9-19-13(8-5-10-3-4-10)11-6-7-12(16)15(18)14(11)17/h6-7,10,13,19H,2-5,8-9H2,1H3. The van der Waals surface area contributed by atoms with Gasteiger partial charge in [0.2, 0.25) is 0 Å². The zero-order valence-electron chi connectivity index (χ0n) is 11.2. The Bertz CT molecular complexity index is 430. The quantitative estimate of drug-likeness (QED) is 0.728. The molecule has 1 saturated carbocycles. The first-order valence-corrected chi connectivity index (χ1v) is 7.00. The molecule has 1 fully saturated rings. The van der Waals surface area contributed by atoms with Gasteiger partial charge in [-0.05, 0) is 37.8 Å². The van der Waals surface area contributed by atoms with Gasteiger partial charge < -0.3 is 5.32 Å². The van der Waals surface area contributed by atoms with Crippen LogP contribution in [-0.2, 0) is 0 Å². The SMILES string of the molecule is CCCNC(CCC1CC1)c1ccc(F)c(F)c1F. The summed E-state index contributed by atoms with van der Waals surface area (Å²) in [5, 5.41) is 3.23. The molecule has 1 nitrogen and oxygen atoms in total. The molecule has 0 radical (unpaired) electrons. The minimum absolute atomic E-state index is 0.226. The molecule has 0 heterocycles. The summed E-state index contributed by atoms with van der Waals surface area (Å²) in [6, 6.07) is 2.13. The summed E-state index contributed by atoms with van der Waals surface area (Å²) in [5.41, 5.74) is 0.244. The molecular weight excluding hydrogens is 251 g/mol. The van der Waals surface area contributed by atoms with Crippen LogP contribution in [0.25, 0.3) is 0 Å². The minimum Gasteiger partial charge on any atom is -0.310 e. The molecular formula is C15H20F3N. The summed E-state index contributed by atoms with van der Waals surface area (Å²) in [6.07, 6.45) is 5.18. The maximum Gasteiger partial charge on any atom is 0.194 e. The average Bonchev–Trinajstić information content (AvgIpc) is 3.21. The van der Waals surface area contributed by atoms with Crippen LogP contribution in [0.2, 0.25) is 0 Å². The van der Waals surface area contributed by atoms with E-state index in [0.717, 1.165) is 37.8 Å². The van der Waals surface area contributed by atoms with Crippen molar-refractivity contribution in [3.05, 3.63) is 35.1 Å². The van der Waals surface area contributed by atoms with Crippen molar-refractivity contribution in [2.75, 3.05) is 6.54 Å². The van der Waals surface area contributed by atoms with E-state index < -0.39 is 17.5 Å². The van der Waals surface area contributed by atoms with Crippen LogP contribution in [-0.4, -0.2) is 6.54 Å². The molecule has 1 atom stereocenters. The molecule has 0 amide bonds. The third kappa shape index (κ3) is 3.72. The molecule has 0 spiro atoms. The van der Waals surface area contributed by atoms with Gasteiger partial charge in [-0.2, -0.15) is 0 Å². The Morgan fingerprint density at radius 2 is 1.95 bits per heavy atom. The maximum atomic E-state index is 13.8. The van der Waals surface area contributed by atoms with E-state index in [1.54, 1.807) is 0 Å². The van der Waals surface area contributed by atoms with Gasteiger partial charge in [0.1, 0.15) is 0 Å². The molecule has 106 valence electrons. The van der Waals surface area contributed by atoms with Gasteiger partial charge in [-0.3, -0.25) is 0 Å². The Morgan fingerprint density at radius 1 is 1.21 bits per heavy atom. The van der Waals surface area contributed by atoms with E-state index in [1.807, 2.05) is 6.92 Å². The van der Waals surface area contributed by atoms with Gasteiger partial charge in [0.15, 0.2) is 17.5 Å². The molecule has 1 aliphatic rings. The van der Waals surface area contributed by atoms with Crippen molar-refractivity contribution in [3.8, 4) is 0 Å². The first-order valence-electron chi connectivity index (χ1n) is 7.00. The van der Waals surface area contributed by atoms with E-state index in [9.17, 15) is 13.2 Å². The topological polar surface area (TPSA) is 12.0 Å². The molecule has 1 aromatic rings. The second-order valence-electron chi connectivity index (χ2n) is 5.29. The fourth-order valence-corrected chi connectivity index (χ4v) is 2.30. The first-order chi connectivity index (χ1) is 9.13. The summed E-state index contributed by atoms with van der Waals surface area (Å²) < 4.78 is 40.1. The van der Waals surface area contributed by atoms with Gasteiger partial charge in [0.25, 0.3) is 0 Å². The Kier molecular flexibility index (Phi) is 4.86. The van der Waals surface area contributed by atoms with Crippen LogP contribution in [0.3, 0.4) is 0 Å². The average molecular weight is 271 g/mol. The molecule has 0 saturated heterocycles. The third-order valence-corrected chi connectivity index (χ3v) is 3.64. The van der Waals surface area contributed by atoms with E-state index in [0.29, 0.717) is 0 Å². The summed E-state index contributed by atoms with van der Waals surface area (Å²) in [5.74, 6) is -2.81. The lowest BCUT2D eigenvalue weighted by molar-refractivity contribution is 0.409. The zero-order chi connectivity index (χ0) is 13.8. The normalized spacial score (nSPS) is 16.6. The summed E-state index contributed by atoms with van der Waals surface area (Å²) >= 11 is 0. The number of halogens is 3. The molecule has 0 aliphatic heterocycles. The lowest BCUT2D eigenvalue weighted by Crippen LogP contribution is -2.23. The van der Waals surface area contributed by atoms with Crippen molar-refractivity contribution < 1.29 is 13.2 Å². The predicted molar refractivity (Wildman–Crippen MR) is 69.3 cm³/mol. The Morgan fingerprint density at radius 3 is 2.58 bits per heavy atom. The molecule has 1 aromatic carbocycles. The number of nitrogens with one attached hydrogen (secondary N) is 1. The highest BCUT2D eigenvalue weighted by Crippen LogP contribution is 2.36. The maximum absolute atomic E-state index is 13.8. The second kappa shape index (κ2) is 6.42. The van der Waals surface area contributed by atoms with E-state index >= 15 is 0 Å². The van der Waals surface area contributed by atoms with Crippen LogP contribution in [0.5, 0.6) is 0 Å². The zero-order valence-corrected chi connectivity index (χ0v) is 11.2. The molecule has 0 aromatic heterocycles. The number of hydrogen-bond acceptors (Lipinski definition) is 1. The van der Waals surface area contributed by atoms with Crippen molar-refractivity contribution in [1.82, 2.24) is 5.32 Å². The van der Waals surface area contributed by atoms with E-state index in [2.05, 4.69) is 5.32 Å². The second-order valence-corrected chi connectivity index (χ2v) is 5.29. The van der Waals surface area contributed by atoms with Gasteiger partial charge in [-0.15, -0.1) is 0 Å². The smallest absolute Gasteiger partial charge is 0.194 e. The van der Waals surface area contributed by atoms with E-state index in [1.165, 1.54) is 18.9 Å². The van der Waals surface area contributed by atoms with Crippen LogP contribution in [0.4, 0.5) is 13.2 Å². The fraction of sp³-hybridized carbons (Fsp3) is 0.600. The third-order valence-electron chi connectivity index (χ3n) is 3.64. The van der Waals surface area contributed by atoms with Crippen molar-refractivity contribution in [2.45, 2.75) is 45.1 Å². The number of rotatable bonds is 7. The predicted octanol–water partition coefficient (Wildman–Crippen LogP) is 4.33. The van der Waals surface area contributed by atoms with Gasteiger partial charge >= 0.3 is 0 Å². The van der Waals surface area contributed by atoms with Gasteiger partial charge in [-0.1, -0.05) is 25.8 Å². The Hall–Kier alpha value is -1.03. The molecule has 1 aliphatic carbocycles. The van der Waals surface area contributed by atoms with E-state index in [-0.39, 0.29) is 11.6 Å². The largest absolute Gasteiger partial charge is 0.310 e. The summed E-state index contributed by atoms with van der Waals surface area (Å²) in [6.45, 7) is 2.76. The van der Waals surface area contributed by atoms with Crippen molar-refractivity contribution >= 4 is 0 Å². The van der Waals surface area contributed by atoms with Crippen LogP contribution in [0, 0.1) is 23.4 Å². The molecule has 1 unspecified atom stereocenters. The molecule has 4 heteroatoms. The summed E-state index contributed by atoms with van der Waals surface area (Å²) in [7, 11) is 0. The monoisotopic (exact) mass is 271 g/mol. The van der Waals surface area contributed by atoms with Gasteiger partial charge in [-0.25, -0.2) is 13.2 Å². The number of hydrogen-bond donors (Lipinski definition) is 1.